The molecule has 1 aliphatic heterocycles. The molecule has 7 nitrogen and oxygen atoms in total. The predicted octanol–water partition coefficient (Wildman–Crippen LogP) is 0.182. The lowest BCUT2D eigenvalue weighted by Crippen LogP contribution is -2.53. The Balaban J connectivity index is 1.96. The van der Waals surface area contributed by atoms with Crippen LogP contribution in [0.4, 0.5) is 0 Å². The van der Waals surface area contributed by atoms with Crippen molar-refractivity contribution < 1.29 is 28.0 Å². The molecule has 2 rings (SSSR count). The average Bonchev–Trinajstić information content (AvgIpc) is 2.42. The first-order valence-corrected chi connectivity index (χ1v) is 8.30. The van der Waals surface area contributed by atoms with Crippen molar-refractivity contribution in [1.82, 2.24) is 4.72 Å². The van der Waals surface area contributed by atoms with Crippen LogP contribution in [0, 0.1) is 0 Å². The highest BCUT2D eigenvalue weighted by atomic mass is 32.2. The Hall–Kier alpha value is -1.16. The van der Waals surface area contributed by atoms with E-state index >= 15 is 0 Å². The normalized spacial score (nSPS) is 26.5. The lowest BCUT2D eigenvalue weighted by Gasteiger charge is -2.31. The maximum atomic E-state index is 12.2. The van der Waals surface area contributed by atoms with Crippen LogP contribution in [0.1, 0.15) is 32.1 Å². The summed E-state index contributed by atoms with van der Waals surface area (Å²) in [5, 5.41) is 18.5. The topological polar surface area (TPSA) is 113 Å². The van der Waals surface area contributed by atoms with E-state index in [-0.39, 0.29) is 11.3 Å². The van der Waals surface area contributed by atoms with Crippen LogP contribution >= 0.6 is 0 Å². The summed E-state index contributed by atoms with van der Waals surface area (Å²) in [5.74, 6) is -1.77. The molecule has 21 heavy (non-hydrogen) atoms. The molecule has 116 valence electrons. The SMILES string of the molecule is O=C(O)C[C@@H]1CC[C@H](NS(=O)(=O)C2=CC=CCC2)B(O)O1. The van der Waals surface area contributed by atoms with Crippen molar-refractivity contribution in [3.63, 3.8) is 0 Å². The second kappa shape index (κ2) is 6.74. The van der Waals surface area contributed by atoms with E-state index in [0.29, 0.717) is 25.7 Å². The number of carboxylic acids is 1. The van der Waals surface area contributed by atoms with E-state index in [1.54, 1.807) is 6.08 Å². The molecule has 1 saturated heterocycles. The average molecular weight is 315 g/mol. The zero-order chi connectivity index (χ0) is 15.5. The summed E-state index contributed by atoms with van der Waals surface area (Å²) >= 11 is 0. The fourth-order valence-corrected chi connectivity index (χ4v) is 3.84. The third-order valence-corrected chi connectivity index (χ3v) is 5.15. The molecule has 0 amide bonds. The minimum atomic E-state index is -3.65. The van der Waals surface area contributed by atoms with Gasteiger partial charge in [0.15, 0.2) is 0 Å². The first-order chi connectivity index (χ1) is 9.88. The number of hydrogen-bond donors (Lipinski definition) is 3. The van der Waals surface area contributed by atoms with Gasteiger partial charge in [-0.05, 0) is 31.8 Å². The van der Waals surface area contributed by atoms with E-state index in [1.807, 2.05) is 6.08 Å². The maximum Gasteiger partial charge on any atom is 0.473 e. The maximum absolute atomic E-state index is 12.2. The first kappa shape index (κ1) is 16.2. The Bertz CT molecular complexity index is 558. The standard InChI is InChI=1S/C12H18BNO6S/c15-12(16)8-9-6-7-11(13(17)20-9)14-21(18,19)10-4-2-1-3-5-10/h1-2,4,9,11,14,17H,3,5-8H2,(H,15,16)/t9-,11-/m0/s1. The van der Waals surface area contributed by atoms with Gasteiger partial charge in [-0.2, -0.15) is 0 Å². The largest absolute Gasteiger partial charge is 0.481 e. The van der Waals surface area contributed by atoms with Crippen LogP contribution in [0.2, 0.25) is 0 Å². The summed E-state index contributed by atoms with van der Waals surface area (Å²) in [7, 11) is -4.99. The molecule has 0 aromatic rings. The van der Waals surface area contributed by atoms with Crippen molar-refractivity contribution in [2.45, 2.75) is 44.1 Å². The highest BCUT2D eigenvalue weighted by Crippen LogP contribution is 2.22. The summed E-state index contributed by atoms with van der Waals surface area (Å²) in [6.45, 7) is 0. The van der Waals surface area contributed by atoms with Crippen LogP contribution in [-0.2, 0) is 19.5 Å². The predicted molar refractivity (Wildman–Crippen MR) is 76.6 cm³/mol. The van der Waals surface area contributed by atoms with Gasteiger partial charge in [-0.3, -0.25) is 4.79 Å². The molecule has 0 aromatic heterocycles. The second-order valence-corrected chi connectivity index (χ2v) is 6.92. The molecule has 0 unspecified atom stereocenters. The second-order valence-electron chi connectivity index (χ2n) is 5.15. The van der Waals surface area contributed by atoms with Crippen LogP contribution < -0.4 is 4.72 Å². The number of carbonyl (C=O) groups is 1. The van der Waals surface area contributed by atoms with Crippen LogP contribution in [0.25, 0.3) is 0 Å². The van der Waals surface area contributed by atoms with Crippen molar-refractivity contribution in [3.8, 4) is 0 Å². The molecular formula is C12H18BNO6S. The van der Waals surface area contributed by atoms with Gasteiger partial charge in [0.2, 0.25) is 10.0 Å². The number of allylic oxidation sites excluding steroid dienone is 4. The van der Waals surface area contributed by atoms with Gasteiger partial charge >= 0.3 is 13.1 Å². The smallest absolute Gasteiger partial charge is 0.473 e. The number of hydrogen-bond acceptors (Lipinski definition) is 5. The van der Waals surface area contributed by atoms with Crippen molar-refractivity contribution in [2.75, 3.05) is 0 Å². The van der Waals surface area contributed by atoms with Gasteiger partial charge in [0.1, 0.15) is 0 Å². The summed E-state index contributed by atoms with van der Waals surface area (Å²) in [5.41, 5.74) is 0. The number of nitrogens with one attached hydrogen (secondary N) is 1. The minimum absolute atomic E-state index is 0.202. The van der Waals surface area contributed by atoms with Gasteiger partial charge in [-0.1, -0.05) is 12.2 Å². The number of rotatable bonds is 5. The molecule has 9 heteroatoms. The molecule has 0 bridgehead atoms. The van der Waals surface area contributed by atoms with E-state index in [9.17, 15) is 18.2 Å². The quantitative estimate of drug-likeness (QED) is 0.624. The number of carboxylic acid groups (broad SMARTS) is 1. The summed E-state index contributed by atoms with van der Waals surface area (Å²) in [4.78, 5) is 10.9. The third-order valence-electron chi connectivity index (χ3n) is 3.51. The van der Waals surface area contributed by atoms with Gasteiger partial charge < -0.3 is 14.8 Å². The Kier molecular flexibility index (Phi) is 5.20. The molecule has 1 aliphatic carbocycles. The first-order valence-electron chi connectivity index (χ1n) is 6.82. The summed E-state index contributed by atoms with van der Waals surface area (Å²) in [6, 6.07) is 0. The summed E-state index contributed by atoms with van der Waals surface area (Å²) in [6.07, 6.45) is 6.13. The van der Waals surface area contributed by atoms with Gasteiger partial charge in [-0.25, -0.2) is 13.1 Å². The number of aliphatic carboxylic acids is 1. The monoisotopic (exact) mass is 315 g/mol. The highest BCUT2D eigenvalue weighted by molar-refractivity contribution is 7.93. The van der Waals surface area contributed by atoms with Gasteiger partial charge in [0, 0.05) is 0 Å². The number of sulfonamides is 1. The molecule has 0 radical (unpaired) electrons. The Morgan fingerprint density at radius 1 is 1.48 bits per heavy atom. The zero-order valence-electron chi connectivity index (χ0n) is 11.4. The van der Waals surface area contributed by atoms with Crippen LogP contribution in [0.15, 0.2) is 23.1 Å². The lowest BCUT2D eigenvalue weighted by molar-refractivity contribution is -0.139. The molecule has 0 spiro atoms. The molecule has 1 heterocycles. The fraction of sp³-hybridized carbons (Fsp3) is 0.583. The van der Waals surface area contributed by atoms with Crippen molar-refractivity contribution >= 4 is 23.1 Å². The van der Waals surface area contributed by atoms with Crippen LogP contribution in [0.3, 0.4) is 0 Å². The molecule has 0 aromatic carbocycles. The van der Waals surface area contributed by atoms with E-state index in [4.69, 9.17) is 9.76 Å². The van der Waals surface area contributed by atoms with E-state index in [1.165, 1.54) is 6.08 Å². The van der Waals surface area contributed by atoms with E-state index < -0.39 is 35.2 Å². The van der Waals surface area contributed by atoms with Crippen molar-refractivity contribution in [1.29, 1.82) is 0 Å². The molecule has 3 N–H and O–H groups in total. The molecular weight excluding hydrogens is 297 g/mol. The lowest BCUT2D eigenvalue weighted by atomic mass is 9.73. The fourth-order valence-electron chi connectivity index (χ4n) is 2.41. The summed E-state index contributed by atoms with van der Waals surface area (Å²) < 4.78 is 32.0. The molecule has 2 aliphatic rings. The van der Waals surface area contributed by atoms with Gasteiger partial charge in [-0.15, -0.1) is 0 Å². The molecule has 0 saturated carbocycles. The zero-order valence-corrected chi connectivity index (χ0v) is 12.3. The Morgan fingerprint density at radius 3 is 2.81 bits per heavy atom. The van der Waals surface area contributed by atoms with E-state index in [2.05, 4.69) is 4.72 Å². The molecule has 1 fully saturated rings. The van der Waals surface area contributed by atoms with Crippen molar-refractivity contribution in [2.24, 2.45) is 0 Å². The minimum Gasteiger partial charge on any atom is -0.481 e. The van der Waals surface area contributed by atoms with Crippen molar-refractivity contribution in [3.05, 3.63) is 23.1 Å². The third kappa shape index (κ3) is 4.40. The Morgan fingerprint density at radius 2 is 2.24 bits per heavy atom. The molecule has 2 atom stereocenters. The van der Waals surface area contributed by atoms with Gasteiger partial charge in [0.05, 0.1) is 23.4 Å². The highest BCUT2D eigenvalue weighted by Gasteiger charge is 2.38. The van der Waals surface area contributed by atoms with Gasteiger partial charge in [0.25, 0.3) is 0 Å². The Labute approximate surface area is 123 Å². The van der Waals surface area contributed by atoms with E-state index in [0.717, 1.165) is 0 Å². The van der Waals surface area contributed by atoms with Crippen LogP contribution in [-0.4, -0.2) is 43.7 Å². The van der Waals surface area contributed by atoms with Crippen LogP contribution in [0.5, 0.6) is 0 Å².